The van der Waals surface area contributed by atoms with Gasteiger partial charge in [0.25, 0.3) is 5.56 Å². The minimum absolute atomic E-state index is 0.127. The molecule has 0 amide bonds. The predicted molar refractivity (Wildman–Crippen MR) is 85.0 cm³/mol. The van der Waals surface area contributed by atoms with Gasteiger partial charge < -0.3 is 0 Å². The van der Waals surface area contributed by atoms with E-state index in [0.29, 0.717) is 15.9 Å². The Morgan fingerprint density at radius 1 is 1.50 bits per heavy atom. The predicted octanol–water partition coefficient (Wildman–Crippen LogP) is 3.54. The Kier molecular flexibility index (Phi) is 3.78. The van der Waals surface area contributed by atoms with E-state index in [1.165, 1.54) is 27.6 Å². The molecule has 0 N–H and O–H groups in total. The molecule has 2 aromatic heterocycles. The number of allylic oxidation sites excluding steroid dienone is 1. The number of rotatable bonds is 3. The topological polar surface area (TPSA) is 47.3 Å². The molecule has 2 heterocycles. The Balaban J connectivity index is 2.07. The zero-order valence-electron chi connectivity index (χ0n) is 10.5. The fourth-order valence-corrected chi connectivity index (χ4v) is 3.80. The quantitative estimate of drug-likeness (QED) is 0.692. The molecule has 7 heteroatoms. The summed E-state index contributed by atoms with van der Waals surface area (Å²) < 4.78 is 2.17. The Bertz CT molecular complexity index is 865. The van der Waals surface area contributed by atoms with Gasteiger partial charge in [-0.2, -0.15) is 4.52 Å². The van der Waals surface area contributed by atoms with Crippen molar-refractivity contribution in [1.29, 1.82) is 0 Å². The molecule has 0 fully saturated rings. The molecule has 0 saturated heterocycles. The molecule has 0 aliphatic carbocycles. The molecule has 0 atom stereocenters. The van der Waals surface area contributed by atoms with Gasteiger partial charge >= 0.3 is 0 Å². The van der Waals surface area contributed by atoms with Crippen LogP contribution in [0.4, 0.5) is 0 Å². The van der Waals surface area contributed by atoms with E-state index in [1.807, 2.05) is 31.2 Å². The maximum absolute atomic E-state index is 12.3. The van der Waals surface area contributed by atoms with Crippen molar-refractivity contribution in [2.75, 3.05) is 5.75 Å². The fourth-order valence-electron chi connectivity index (χ4n) is 1.72. The Morgan fingerprint density at radius 2 is 2.30 bits per heavy atom. The van der Waals surface area contributed by atoms with Crippen LogP contribution in [0.25, 0.3) is 15.9 Å². The molecular formula is C13H10ClN3OS2. The van der Waals surface area contributed by atoms with Crippen molar-refractivity contribution in [2.24, 2.45) is 0 Å². The van der Waals surface area contributed by atoms with E-state index < -0.39 is 0 Å². The van der Waals surface area contributed by atoms with Crippen LogP contribution in [0.5, 0.6) is 0 Å². The summed E-state index contributed by atoms with van der Waals surface area (Å²) in [6.07, 6.45) is 1.91. The van der Waals surface area contributed by atoms with Crippen LogP contribution in [-0.4, -0.2) is 20.4 Å². The largest absolute Gasteiger partial charge is 0.283 e. The van der Waals surface area contributed by atoms with E-state index in [4.69, 9.17) is 11.6 Å². The summed E-state index contributed by atoms with van der Waals surface area (Å²) in [6, 6.07) is 7.30. The number of benzene rings is 1. The number of fused-ring (bicyclic) bond motifs is 2. The second-order valence-corrected chi connectivity index (χ2v) is 6.92. The van der Waals surface area contributed by atoms with Crippen molar-refractivity contribution in [1.82, 2.24) is 14.6 Å². The van der Waals surface area contributed by atoms with Gasteiger partial charge in [-0.25, -0.2) is 4.98 Å². The summed E-state index contributed by atoms with van der Waals surface area (Å²) in [4.78, 5) is 17.4. The number of aromatic nitrogens is 3. The molecule has 20 heavy (non-hydrogen) atoms. The summed E-state index contributed by atoms with van der Waals surface area (Å²) >= 11 is 8.73. The highest BCUT2D eigenvalue weighted by Crippen LogP contribution is 2.24. The molecule has 0 aliphatic heterocycles. The van der Waals surface area contributed by atoms with Gasteiger partial charge in [-0.05, 0) is 19.1 Å². The van der Waals surface area contributed by atoms with Gasteiger partial charge in [0, 0.05) is 10.8 Å². The third-order valence-electron chi connectivity index (χ3n) is 2.66. The lowest BCUT2D eigenvalue weighted by Crippen LogP contribution is -2.14. The SMILES string of the molecule is C/C(Cl)=C\CSc1nn2c(=O)c3ccccc3nc2s1. The van der Waals surface area contributed by atoms with E-state index in [1.54, 1.807) is 6.07 Å². The van der Waals surface area contributed by atoms with Crippen LogP contribution in [-0.2, 0) is 0 Å². The van der Waals surface area contributed by atoms with Crippen molar-refractivity contribution in [3.8, 4) is 0 Å². The lowest BCUT2D eigenvalue weighted by Gasteiger charge is -1.95. The van der Waals surface area contributed by atoms with Crippen LogP contribution >= 0.6 is 34.7 Å². The third-order valence-corrected chi connectivity index (χ3v) is 4.78. The Labute approximate surface area is 128 Å². The summed E-state index contributed by atoms with van der Waals surface area (Å²) in [5.41, 5.74) is 0.576. The lowest BCUT2D eigenvalue weighted by atomic mass is 10.2. The minimum atomic E-state index is -0.127. The smallest absolute Gasteiger partial charge is 0.267 e. The van der Waals surface area contributed by atoms with Gasteiger partial charge in [0.2, 0.25) is 4.96 Å². The van der Waals surface area contributed by atoms with Crippen LogP contribution in [0, 0.1) is 0 Å². The third kappa shape index (κ3) is 2.59. The number of hydrogen-bond donors (Lipinski definition) is 0. The molecule has 4 nitrogen and oxygen atoms in total. The normalized spacial score (nSPS) is 12.4. The highest BCUT2D eigenvalue weighted by Gasteiger charge is 2.10. The molecule has 3 aromatic rings. The summed E-state index contributed by atoms with van der Waals surface area (Å²) in [5.74, 6) is 0.726. The summed E-state index contributed by atoms with van der Waals surface area (Å²) in [6.45, 7) is 1.83. The van der Waals surface area contributed by atoms with Crippen molar-refractivity contribution in [2.45, 2.75) is 11.3 Å². The average molecular weight is 324 g/mol. The highest BCUT2D eigenvalue weighted by molar-refractivity contribution is 8.01. The second kappa shape index (κ2) is 5.55. The van der Waals surface area contributed by atoms with Crippen molar-refractivity contribution in [3.63, 3.8) is 0 Å². The molecule has 0 bridgehead atoms. The average Bonchev–Trinajstić information content (AvgIpc) is 2.82. The van der Waals surface area contributed by atoms with Crippen LogP contribution in [0.15, 0.2) is 44.5 Å². The van der Waals surface area contributed by atoms with E-state index >= 15 is 0 Å². The van der Waals surface area contributed by atoms with E-state index in [2.05, 4.69) is 10.1 Å². The molecule has 0 radical (unpaired) electrons. The van der Waals surface area contributed by atoms with Gasteiger partial charge in [0.05, 0.1) is 10.9 Å². The second-order valence-electron chi connectivity index (χ2n) is 4.10. The van der Waals surface area contributed by atoms with Crippen LogP contribution in [0.2, 0.25) is 0 Å². The van der Waals surface area contributed by atoms with E-state index in [0.717, 1.165) is 15.1 Å². The molecule has 0 aliphatic rings. The number of halogens is 1. The first kappa shape index (κ1) is 13.6. The fraction of sp³-hybridized carbons (Fsp3) is 0.154. The van der Waals surface area contributed by atoms with Gasteiger partial charge in [-0.3, -0.25) is 4.79 Å². The zero-order valence-corrected chi connectivity index (χ0v) is 12.9. The first-order valence-corrected chi connectivity index (χ1v) is 8.07. The number of para-hydroxylation sites is 1. The molecule has 1 aromatic carbocycles. The Morgan fingerprint density at radius 3 is 3.10 bits per heavy atom. The zero-order chi connectivity index (χ0) is 14.1. The minimum Gasteiger partial charge on any atom is -0.267 e. The van der Waals surface area contributed by atoms with E-state index in [-0.39, 0.29) is 5.56 Å². The number of nitrogens with zero attached hydrogens (tertiary/aromatic N) is 3. The molecule has 0 spiro atoms. The monoisotopic (exact) mass is 323 g/mol. The highest BCUT2D eigenvalue weighted by atomic mass is 35.5. The van der Waals surface area contributed by atoms with Gasteiger partial charge in [-0.1, -0.05) is 52.9 Å². The Hall–Kier alpha value is -1.37. The van der Waals surface area contributed by atoms with Crippen molar-refractivity contribution >= 4 is 50.6 Å². The van der Waals surface area contributed by atoms with Crippen LogP contribution in [0.3, 0.4) is 0 Å². The first-order chi connectivity index (χ1) is 9.65. The first-order valence-electron chi connectivity index (χ1n) is 5.89. The maximum Gasteiger partial charge on any atom is 0.283 e. The van der Waals surface area contributed by atoms with Crippen LogP contribution in [0.1, 0.15) is 6.92 Å². The molecule has 102 valence electrons. The molecule has 0 unspecified atom stereocenters. The standard InChI is InChI=1S/C13H10ClN3OS2/c1-8(14)6-7-19-13-16-17-11(18)9-4-2-3-5-10(9)15-12(17)20-13/h2-6H,7H2,1H3/b8-6+. The number of hydrogen-bond acceptors (Lipinski definition) is 5. The summed E-state index contributed by atoms with van der Waals surface area (Å²) in [7, 11) is 0. The summed E-state index contributed by atoms with van der Waals surface area (Å²) in [5, 5.41) is 5.65. The van der Waals surface area contributed by atoms with Crippen molar-refractivity contribution in [3.05, 3.63) is 45.7 Å². The molecule has 3 rings (SSSR count). The molecular weight excluding hydrogens is 314 g/mol. The lowest BCUT2D eigenvalue weighted by molar-refractivity contribution is 0.870. The van der Waals surface area contributed by atoms with Gasteiger partial charge in [0.15, 0.2) is 4.34 Å². The maximum atomic E-state index is 12.3. The van der Waals surface area contributed by atoms with E-state index in [9.17, 15) is 4.79 Å². The van der Waals surface area contributed by atoms with Crippen molar-refractivity contribution < 1.29 is 0 Å². The van der Waals surface area contributed by atoms with Gasteiger partial charge in [-0.15, -0.1) is 5.10 Å². The molecule has 0 saturated carbocycles. The number of thioether (sulfide) groups is 1. The van der Waals surface area contributed by atoms with Crippen LogP contribution < -0.4 is 5.56 Å². The van der Waals surface area contributed by atoms with Gasteiger partial charge in [0.1, 0.15) is 0 Å².